The summed E-state index contributed by atoms with van der Waals surface area (Å²) in [4.78, 5) is 11.5. The molecular formula is C12H10F3NO2. The van der Waals surface area contributed by atoms with Crippen molar-refractivity contribution in [3.05, 3.63) is 34.4 Å². The lowest BCUT2D eigenvalue weighted by Gasteiger charge is -2.12. The van der Waals surface area contributed by atoms with Crippen molar-refractivity contribution in [2.24, 2.45) is 0 Å². The van der Waals surface area contributed by atoms with E-state index in [9.17, 15) is 18.0 Å². The summed E-state index contributed by atoms with van der Waals surface area (Å²) in [5.74, 6) is -0.931. The number of hydrogen-bond acceptors (Lipinski definition) is 3. The number of carbonyl (C=O) groups is 1. The number of ether oxygens (including phenoxy) is 1. The van der Waals surface area contributed by atoms with E-state index in [2.05, 4.69) is 4.74 Å². The van der Waals surface area contributed by atoms with E-state index in [1.807, 2.05) is 0 Å². The molecule has 0 saturated carbocycles. The number of alkyl halides is 3. The average Bonchev–Trinajstić information content (AvgIpc) is 2.27. The molecule has 0 saturated heterocycles. The summed E-state index contributed by atoms with van der Waals surface area (Å²) in [5.41, 5.74) is -1.53. The van der Waals surface area contributed by atoms with Crippen LogP contribution in [-0.2, 0) is 10.9 Å². The lowest BCUT2D eigenvalue weighted by Crippen LogP contribution is -2.13. The van der Waals surface area contributed by atoms with Gasteiger partial charge in [-0.25, -0.2) is 4.79 Å². The lowest BCUT2D eigenvalue weighted by atomic mass is 9.99. The third-order valence-electron chi connectivity index (χ3n) is 2.29. The predicted octanol–water partition coefficient (Wildman–Crippen LogP) is 3.06. The van der Waals surface area contributed by atoms with Crippen molar-refractivity contribution in [1.29, 1.82) is 5.26 Å². The number of nitrogens with zero attached hydrogens (tertiary/aromatic N) is 1. The molecule has 1 aromatic rings. The fourth-order valence-electron chi connectivity index (χ4n) is 1.48. The van der Waals surface area contributed by atoms with E-state index in [0.29, 0.717) is 6.07 Å². The molecule has 0 radical (unpaired) electrons. The molecule has 0 heterocycles. The first kappa shape index (κ1) is 14.0. The second-order valence-electron chi connectivity index (χ2n) is 3.54. The number of halogens is 3. The Morgan fingerprint density at radius 2 is 2.06 bits per heavy atom. The number of benzene rings is 1. The van der Waals surface area contributed by atoms with Crippen molar-refractivity contribution >= 4 is 5.97 Å². The summed E-state index contributed by atoms with van der Waals surface area (Å²) >= 11 is 0. The Morgan fingerprint density at radius 1 is 1.44 bits per heavy atom. The number of aryl methyl sites for hydroxylation is 1. The Balaban J connectivity index is 3.42. The fraction of sp³-hybridized carbons (Fsp3) is 0.333. The quantitative estimate of drug-likeness (QED) is 0.765. The summed E-state index contributed by atoms with van der Waals surface area (Å²) in [6.07, 6.45) is -4.57. The molecule has 0 spiro atoms. The Bertz CT molecular complexity index is 515. The second-order valence-corrected chi connectivity index (χ2v) is 3.54. The van der Waals surface area contributed by atoms with Crippen LogP contribution in [0.15, 0.2) is 12.1 Å². The minimum atomic E-state index is -4.57. The molecule has 0 atom stereocenters. The van der Waals surface area contributed by atoms with Crippen molar-refractivity contribution in [3.8, 4) is 6.07 Å². The van der Waals surface area contributed by atoms with Gasteiger partial charge in [-0.15, -0.1) is 0 Å². The van der Waals surface area contributed by atoms with Crippen LogP contribution in [0.4, 0.5) is 13.2 Å². The van der Waals surface area contributed by atoms with Gasteiger partial charge in [0, 0.05) is 0 Å². The van der Waals surface area contributed by atoms with Crippen LogP contribution < -0.4 is 0 Å². The number of rotatable bonds is 2. The minimum absolute atomic E-state index is 0.0267. The van der Waals surface area contributed by atoms with Gasteiger partial charge < -0.3 is 4.74 Å². The zero-order valence-corrected chi connectivity index (χ0v) is 9.76. The van der Waals surface area contributed by atoms with Crippen molar-refractivity contribution in [2.75, 3.05) is 6.61 Å². The molecule has 0 unspecified atom stereocenters. The largest absolute Gasteiger partial charge is 0.462 e. The van der Waals surface area contributed by atoms with Gasteiger partial charge in [0.15, 0.2) is 0 Å². The van der Waals surface area contributed by atoms with Gasteiger partial charge in [0.25, 0.3) is 0 Å². The van der Waals surface area contributed by atoms with E-state index in [1.165, 1.54) is 13.8 Å². The van der Waals surface area contributed by atoms with Crippen LogP contribution in [0.1, 0.15) is 34.0 Å². The molecule has 0 amide bonds. The number of nitriles is 1. The summed E-state index contributed by atoms with van der Waals surface area (Å²) in [6, 6.07) is 3.38. The highest BCUT2D eigenvalue weighted by atomic mass is 19.4. The third kappa shape index (κ3) is 2.80. The van der Waals surface area contributed by atoms with Gasteiger partial charge >= 0.3 is 12.1 Å². The number of carbonyl (C=O) groups excluding carboxylic acids is 1. The van der Waals surface area contributed by atoms with Crippen molar-refractivity contribution in [2.45, 2.75) is 20.0 Å². The monoisotopic (exact) mass is 257 g/mol. The Hall–Kier alpha value is -2.03. The second kappa shape index (κ2) is 5.08. The maximum atomic E-state index is 12.7. The Morgan fingerprint density at radius 3 is 2.50 bits per heavy atom. The molecule has 1 aromatic carbocycles. The van der Waals surface area contributed by atoms with Gasteiger partial charge in [0.2, 0.25) is 0 Å². The minimum Gasteiger partial charge on any atom is -0.462 e. The predicted molar refractivity (Wildman–Crippen MR) is 56.9 cm³/mol. The van der Waals surface area contributed by atoms with E-state index in [1.54, 1.807) is 6.07 Å². The molecule has 0 bridgehead atoms. The molecule has 0 fully saturated rings. The van der Waals surface area contributed by atoms with Gasteiger partial charge in [-0.2, -0.15) is 18.4 Å². The zero-order chi connectivity index (χ0) is 13.9. The number of esters is 1. The first-order chi connectivity index (χ1) is 8.31. The van der Waals surface area contributed by atoms with Crippen molar-refractivity contribution in [3.63, 3.8) is 0 Å². The van der Waals surface area contributed by atoms with Crippen LogP contribution in [0.3, 0.4) is 0 Å². The topological polar surface area (TPSA) is 50.1 Å². The highest BCUT2D eigenvalue weighted by Crippen LogP contribution is 2.33. The van der Waals surface area contributed by atoms with Gasteiger partial charge in [-0.1, -0.05) is 0 Å². The van der Waals surface area contributed by atoms with E-state index in [0.717, 1.165) is 6.07 Å². The zero-order valence-electron chi connectivity index (χ0n) is 9.76. The highest BCUT2D eigenvalue weighted by molar-refractivity contribution is 5.92. The smallest absolute Gasteiger partial charge is 0.416 e. The van der Waals surface area contributed by atoms with Crippen LogP contribution in [0, 0.1) is 18.3 Å². The fourth-order valence-corrected chi connectivity index (χ4v) is 1.48. The molecule has 6 heteroatoms. The number of hydrogen-bond donors (Lipinski definition) is 0. The first-order valence-electron chi connectivity index (χ1n) is 5.10. The molecule has 0 aliphatic heterocycles. The Labute approximate surface area is 102 Å². The normalized spacial score (nSPS) is 10.9. The summed E-state index contributed by atoms with van der Waals surface area (Å²) < 4.78 is 42.7. The van der Waals surface area contributed by atoms with Crippen LogP contribution in [0.5, 0.6) is 0 Å². The molecule has 18 heavy (non-hydrogen) atoms. The van der Waals surface area contributed by atoms with Gasteiger partial charge in [0.1, 0.15) is 6.07 Å². The van der Waals surface area contributed by atoms with Crippen LogP contribution in [0.25, 0.3) is 0 Å². The van der Waals surface area contributed by atoms with E-state index in [4.69, 9.17) is 5.26 Å². The molecule has 0 aliphatic rings. The van der Waals surface area contributed by atoms with E-state index in [-0.39, 0.29) is 23.3 Å². The SMILES string of the molecule is CCOC(=O)c1cc(C(F)(F)F)c(C)cc1C#N. The molecule has 0 aromatic heterocycles. The maximum Gasteiger partial charge on any atom is 0.416 e. The molecule has 0 N–H and O–H groups in total. The van der Waals surface area contributed by atoms with E-state index >= 15 is 0 Å². The molecular weight excluding hydrogens is 247 g/mol. The third-order valence-corrected chi connectivity index (χ3v) is 2.29. The first-order valence-corrected chi connectivity index (χ1v) is 5.10. The van der Waals surface area contributed by atoms with E-state index < -0.39 is 17.7 Å². The molecule has 0 aliphatic carbocycles. The van der Waals surface area contributed by atoms with Crippen LogP contribution in [-0.4, -0.2) is 12.6 Å². The Kier molecular flexibility index (Phi) is 3.96. The van der Waals surface area contributed by atoms with Gasteiger partial charge in [-0.3, -0.25) is 0 Å². The summed E-state index contributed by atoms with van der Waals surface area (Å²) in [6.45, 7) is 2.79. The van der Waals surface area contributed by atoms with Crippen molar-refractivity contribution < 1.29 is 22.7 Å². The molecule has 3 nitrogen and oxygen atoms in total. The van der Waals surface area contributed by atoms with Gasteiger partial charge in [0.05, 0.1) is 23.3 Å². The lowest BCUT2D eigenvalue weighted by molar-refractivity contribution is -0.138. The average molecular weight is 257 g/mol. The van der Waals surface area contributed by atoms with Crippen LogP contribution >= 0.6 is 0 Å². The highest BCUT2D eigenvalue weighted by Gasteiger charge is 2.34. The summed E-state index contributed by atoms with van der Waals surface area (Å²) in [5, 5.41) is 8.81. The molecule has 1 rings (SSSR count). The van der Waals surface area contributed by atoms with Crippen LogP contribution in [0.2, 0.25) is 0 Å². The summed E-state index contributed by atoms with van der Waals surface area (Å²) in [7, 11) is 0. The molecule has 96 valence electrons. The standard InChI is InChI=1S/C12H10F3NO2/c1-3-18-11(17)9-5-10(12(13,14)15)7(2)4-8(9)6-16/h4-5H,3H2,1-2H3. The van der Waals surface area contributed by atoms with Crippen molar-refractivity contribution in [1.82, 2.24) is 0 Å². The van der Waals surface area contributed by atoms with Gasteiger partial charge in [-0.05, 0) is 31.5 Å². The maximum absolute atomic E-state index is 12.7.